The van der Waals surface area contributed by atoms with Crippen LogP contribution < -0.4 is 11.3 Å². The smallest absolute Gasteiger partial charge is 0.275 e. The summed E-state index contributed by atoms with van der Waals surface area (Å²) in [7, 11) is 0. The van der Waals surface area contributed by atoms with Gasteiger partial charge in [-0.1, -0.05) is 30.3 Å². The van der Waals surface area contributed by atoms with E-state index < -0.39 is 5.56 Å². The minimum absolute atomic E-state index is 0.221. The molecule has 1 aromatic carbocycles. The molecule has 0 unspecified atom stereocenters. The highest BCUT2D eigenvalue weighted by Gasteiger charge is 2.07. The third-order valence-corrected chi connectivity index (χ3v) is 2.00. The van der Waals surface area contributed by atoms with E-state index in [1.807, 2.05) is 6.07 Å². The van der Waals surface area contributed by atoms with Crippen LogP contribution in [0.5, 0.6) is 0 Å². The lowest BCUT2D eigenvalue weighted by atomic mass is 10.1. The van der Waals surface area contributed by atoms with E-state index in [-0.39, 0.29) is 5.95 Å². The van der Waals surface area contributed by atoms with Gasteiger partial charge >= 0.3 is 0 Å². The van der Waals surface area contributed by atoms with Crippen LogP contribution in [0.15, 0.2) is 41.2 Å². The number of nitrogens with zero attached hydrogens (tertiary/aromatic N) is 2. The second kappa shape index (κ2) is 3.45. The van der Waals surface area contributed by atoms with Crippen LogP contribution >= 0.6 is 0 Å². The Balaban J connectivity index is 2.68. The lowest BCUT2D eigenvalue weighted by molar-refractivity contribution is 0.192. The van der Waals surface area contributed by atoms with E-state index in [1.54, 1.807) is 24.3 Å². The summed E-state index contributed by atoms with van der Waals surface area (Å²) < 4.78 is 0.691. The fourth-order valence-electron chi connectivity index (χ4n) is 1.31. The Hall–Kier alpha value is -2.30. The molecule has 0 aliphatic carbocycles. The van der Waals surface area contributed by atoms with Crippen LogP contribution in [0.1, 0.15) is 0 Å². The van der Waals surface area contributed by atoms with Crippen molar-refractivity contribution in [3.63, 3.8) is 0 Å². The second-order valence-electron chi connectivity index (χ2n) is 3.02. The van der Waals surface area contributed by atoms with E-state index in [0.29, 0.717) is 16.0 Å². The maximum absolute atomic E-state index is 11.1. The predicted molar refractivity (Wildman–Crippen MR) is 55.5 cm³/mol. The maximum Gasteiger partial charge on any atom is 0.275 e. The molecule has 1 aromatic heterocycles. The molecule has 0 amide bonds. The topological polar surface area (TPSA) is 81.1 Å². The summed E-state index contributed by atoms with van der Waals surface area (Å²) >= 11 is 0. The Bertz CT molecular complexity index is 534. The van der Waals surface area contributed by atoms with Crippen molar-refractivity contribution in [2.24, 2.45) is 0 Å². The minimum atomic E-state index is -0.475. The molecule has 5 nitrogen and oxygen atoms in total. The Morgan fingerprint density at radius 2 is 1.93 bits per heavy atom. The van der Waals surface area contributed by atoms with Crippen molar-refractivity contribution in [1.82, 2.24) is 9.71 Å². The number of anilines is 1. The highest BCUT2D eigenvalue weighted by Crippen LogP contribution is 2.16. The van der Waals surface area contributed by atoms with Crippen LogP contribution in [-0.2, 0) is 0 Å². The highest BCUT2D eigenvalue weighted by atomic mass is 16.5. The molecule has 0 bridgehead atoms. The molecule has 76 valence electrons. The molecule has 0 fully saturated rings. The molecule has 2 aromatic rings. The number of benzene rings is 1. The fourth-order valence-corrected chi connectivity index (χ4v) is 1.31. The van der Waals surface area contributed by atoms with Gasteiger partial charge in [-0.3, -0.25) is 4.79 Å². The molecular weight excluding hydrogens is 194 g/mol. The molecule has 0 aliphatic heterocycles. The van der Waals surface area contributed by atoms with Gasteiger partial charge in [0.05, 0.1) is 5.69 Å². The van der Waals surface area contributed by atoms with Gasteiger partial charge in [-0.25, -0.2) is 0 Å². The number of hydrogen-bond donors (Lipinski definition) is 2. The standard InChI is InChI=1S/C10H9N3O2/c11-10-12-9(14)6-8(13(10)15)7-4-2-1-3-5-7/h1-6,15H,(H2,11,12,14). The summed E-state index contributed by atoms with van der Waals surface area (Å²) in [4.78, 5) is 14.5. The number of nitrogens with two attached hydrogens (primary N) is 1. The van der Waals surface area contributed by atoms with Crippen molar-refractivity contribution >= 4 is 5.95 Å². The molecule has 0 saturated heterocycles. The molecule has 3 N–H and O–H groups in total. The Kier molecular flexibility index (Phi) is 2.13. The molecular formula is C10H9N3O2. The molecule has 2 rings (SSSR count). The lowest BCUT2D eigenvalue weighted by Crippen LogP contribution is -2.16. The van der Waals surface area contributed by atoms with Crippen LogP contribution in [0.4, 0.5) is 5.95 Å². The first-order valence-corrected chi connectivity index (χ1v) is 4.33. The van der Waals surface area contributed by atoms with E-state index in [0.717, 1.165) is 0 Å². The lowest BCUT2D eigenvalue weighted by Gasteiger charge is -2.07. The molecule has 0 aliphatic rings. The Morgan fingerprint density at radius 3 is 2.60 bits per heavy atom. The largest absolute Gasteiger partial charge is 0.425 e. The Morgan fingerprint density at radius 1 is 1.27 bits per heavy atom. The summed E-state index contributed by atoms with van der Waals surface area (Å²) in [6.45, 7) is 0. The Labute approximate surface area is 85.4 Å². The van der Waals surface area contributed by atoms with Gasteiger partial charge < -0.3 is 10.9 Å². The molecule has 0 spiro atoms. The third-order valence-electron chi connectivity index (χ3n) is 2.00. The van der Waals surface area contributed by atoms with Gasteiger partial charge in [0.25, 0.3) is 5.56 Å². The molecule has 0 atom stereocenters. The fraction of sp³-hybridized carbons (Fsp3) is 0. The zero-order valence-corrected chi connectivity index (χ0v) is 7.79. The average Bonchev–Trinajstić information content (AvgIpc) is 2.24. The van der Waals surface area contributed by atoms with Gasteiger partial charge in [0, 0.05) is 11.6 Å². The first-order chi connectivity index (χ1) is 7.18. The van der Waals surface area contributed by atoms with Crippen molar-refractivity contribution in [3.05, 3.63) is 46.8 Å². The van der Waals surface area contributed by atoms with Crippen molar-refractivity contribution in [3.8, 4) is 11.3 Å². The SMILES string of the molecule is Nc1nc(=O)cc(-c2ccccc2)n1O. The number of hydrogen-bond acceptors (Lipinski definition) is 4. The second-order valence-corrected chi connectivity index (χ2v) is 3.02. The van der Waals surface area contributed by atoms with E-state index >= 15 is 0 Å². The quantitative estimate of drug-likeness (QED) is 0.669. The average molecular weight is 203 g/mol. The third kappa shape index (κ3) is 1.67. The van der Waals surface area contributed by atoms with Crippen LogP contribution in [-0.4, -0.2) is 14.9 Å². The molecule has 15 heavy (non-hydrogen) atoms. The summed E-state index contributed by atoms with van der Waals surface area (Å²) in [5, 5.41) is 9.57. The van der Waals surface area contributed by atoms with Gasteiger partial charge in [-0.05, 0) is 0 Å². The van der Waals surface area contributed by atoms with Crippen LogP contribution in [0.25, 0.3) is 11.3 Å². The molecule has 5 heteroatoms. The van der Waals surface area contributed by atoms with Gasteiger partial charge in [0.15, 0.2) is 0 Å². The van der Waals surface area contributed by atoms with E-state index in [9.17, 15) is 10.0 Å². The minimum Gasteiger partial charge on any atom is -0.425 e. The summed E-state index contributed by atoms with van der Waals surface area (Å²) in [6, 6.07) is 10.2. The highest BCUT2D eigenvalue weighted by molar-refractivity contribution is 5.59. The number of aromatic nitrogens is 2. The van der Waals surface area contributed by atoms with E-state index in [2.05, 4.69) is 4.98 Å². The molecule has 1 heterocycles. The van der Waals surface area contributed by atoms with Crippen molar-refractivity contribution in [1.29, 1.82) is 0 Å². The first kappa shape index (κ1) is 9.26. The summed E-state index contributed by atoms with van der Waals surface area (Å²) in [5.41, 5.74) is 5.91. The first-order valence-electron chi connectivity index (χ1n) is 4.33. The van der Waals surface area contributed by atoms with Gasteiger partial charge in [0.1, 0.15) is 0 Å². The van der Waals surface area contributed by atoms with Crippen LogP contribution in [0, 0.1) is 0 Å². The number of nitrogen functional groups attached to an aromatic ring is 1. The van der Waals surface area contributed by atoms with Crippen LogP contribution in [0.3, 0.4) is 0 Å². The normalized spacial score (nSPS) is 10.1. The van der Waals surface area contributed by atoms with Crippen molar-refractivity contribution < 1.29 is 5.21 Å². The van der Waals surface area contributed by atoms with Crippen molar-refractivity contribution in [2.75, 3.05) is 5.73 Å². The zero-order valence-electron chi connectivity index (χ0n) is 7.79. The summed E-state index contributed by atoms with van der Waals surface area (Å²) in [5.74, 6) is -0.221. The number of rotatable bonds is 1. The maximum atomic E-state index is 11.1. The molecule has 0 radical (unpaired) electrons. The van der Waals surface area contributed by atoms with Gasteiger partial charge in [0.2, 0.25) is 5.95 Å². The van der Waals surface area contributed by atoms with E-state index in [1.165, 1.54) is 6.07 Å². The molecule has 0 saturated carbocycles. The zero-order chi connectivity index (χ0) is 10.8. The monoisotopic (exact) mass is 203 g/mol. The predicted octanol–water partition coefficient (Wildman–Crippen LogP) is 0.730. The van der Waals surface area contributed by atoms with Gasteiger partial charge in [-0.15, -0.1) is 0 Å². The van der Waals surface area contributed by atoms with Gasteiger partial charge in [-0.2, -0.15) is 9.71 Å². The van der Waals surface area contributed by atoms with Crippen LogP contribution in [0.2, 0.25) is 0 Å². The van der Waals surface area contributed by atoms with Crippen molar-refractivity contribution in [2.45, 2.75) is 0 Å². The van der Waals surface area contributed by atoms with E-state index in [4.69, 9.17) is 5.73 Å². The summed E-state index contributed by atoms with van der Waals surface area (Å²) in [6.07, 6.45) is 0.